The zero-order valence-corrected chi connectivity index (χ0v) is 24.2. The molecule has 5 aromatic carbocycles. The second-order valence-corrected chi connectivity index (χ2v) is 11.3. The van der Waals surface area contributed by atoms with Crippen LogP contribution in [0.3, 0.4) is 0 Å². The van der Waals surface area contributed by atoms with Crippen LogP contribution in [0.15, 0.2) is 108 Å². The van der Waals surface area contributed by atoms with Crippen LogP contribution in [0.25, 0.3) is 32.4 Å². The molecule has 0 saturated heterocycles. The van der Waals surface area contributed by atoms with Crippen LogP contribution in [0.4, 0.5) is 0 Å². The van der Waals surface area contributed by atoms with Gasteiger partial charge in [-0.15, -0.1) is 0 Å². The summed E-state index contributed by atoms with van der Waals surface area (Å²) in [4.78, 5) is 45.0. The van der Waals surface area contributed by atoms with Gasteiger partial charge in [0.05, 0.1) is 17.0 Å². The number of halogens is 1. The van der Waals surface area contributed by atoms with E-state index in [0.29, 0.717) is 6.42 Å². The van der Waals surface area contributed by atoms with E-state index in [-0.39, 0.29) is 23.0 Å². The first-order valence-corrected chi connectivity index (χ1v) is 14.3. The van der Waals surface area contributed by atoms with Crippen LogP contribution in [0.5, 0.6) is 0 Å². The van der Waals surface area contributed by atoms with Crippen molar-refractivity contribution >= 4 is 65.9 Å². The van der Waals surface area contributed by atoms with Gasteiger partial charge in [-0.05, 0) is 69.4 Å². The number of Topliss-reactive ketones (excluding diaryl/α,β-unsaturated/α-hetero) is 2. The van der Waals surface area contributed by atoms with Crippen molar-refractivity contribution in [3.05, 3.63) is 130 Å². The molecule has 1 aliphatic carbocycles. The van der Waals surface area contributed by atoms with Crippen LogP contribution in [0, 0.1) is 5.92 Å². The van der Waals surface area contributed by atoms with Gasteiger partial charge in [0.1, 0.15) is 6.33 Å². The lowest BCUT2D eigenvalue weighted by Gasteiger charge is -2.28. The minimum atomic E-state index is -0.939. The third kappa shape index (κ3) is 5.08. The molecule has 0 bridgehead atoms. The number of aromatic carboxylic acids is 1. The Labute approximate surface area is 250 Å². The van der Waals surface area contributed by atoms with E-state index in [2.05, 4.69) is 50.2 Å². The van der Waals surface area contributed by atoms with E-state index in [4.69, 9.17) is 5.11 Å². The number of ketones is 2. The molecular weight excluding hydrogens is 592 g/mol. The number of carboxylic acid groups (broad SMARTS) is 1. The SMILES string of the molecule is CC1C(=O)C(Cc2ccc(Br)cc2)C(=O)c2c1ccc1c2ccc2ccccc21.O=C(O)c1ccc2ncncc2c1. The number of hydrogen-bond acceptors (Lipinski definition) is 5. The van der Waals surface area contributed by atoms with Crippen molar-refractivity contribution in [2.24, 2.45) is 5.92 Å². The molecule has 0 spiro atoms. The largest absolute Gasteiger partial charge is 0.478 e. The highest BCUT2D eigenvalue weighted by Gasteiger charge is 2.39. The Kier molecular flexibility index (Phi) is 7.35. The first-order valence-electron chi connectivity index (χ1n) is 13.5. The van der Waals surface area contributed by atoms with E-state index in [1.807, 2.05) is 55.5 Å². The van der Waals surface area contributed by atoms with Crippen LogP contribution in [-0.2, 0) is 11.2 Å². The van der Waals surface area contributed by atoms with E-state index in [1.54, 1.807) is 18.3 Å². The quantitative estimate of drug-likeness (QED) is 0.161. The summed E-state index contributed by atoms with van der Waals surface area (Å²) in [5, 5.41) is 13.7. The van der Waals surface area contributed by atoms with Crippen LogP contribution in [0.1, 0.15) is 44.7 Å². The molecule has 0 radical (unpaired) electrons. The minimum absolute atomic E-state index is 0.0190. The normalized spacial score (nSPS) is 16.2. The van der Waals surface area contributed by atoms with E-state index in [0.717, 1.165) is 53.6 Å². The maximum absolute atomic E-state index is 13.6. The monoisotopic (exact) mass is 616 g/mol. The molecule has 206 valence electrons. The summed E-state index contributed by atoms with van der Waals surface area (Å²) in [7, 11) is 0. The number of carbonyl (C=O) groups excluding carboxylic acids is 2. The highest BCUT2D eigenvalue weighted by atomic mass is 79.9. The average molecular weight is 617 g/mol. The molecule has 0 amide bonds. The van der Waals surface area contributed by atoms with Crippen molar-refractivity contribution in [1.29, 1.82) is 0 Å². The molecule has 2 atom stereocenters. The smallest absolute Gasteiger partial charge is 0.335 e. The van der Waals surface area contributed by atoms with E-state index in [9.17, 15) is 14.4 Å². The maximum atomic E-state index is 13.6. The predicted octanol–water partition coefficient (Wildman–Crippen LogP) is 7.81. The van der Waals surface area contributed by atoms with Crippen molar-refractivity contribution in [2.75, 3.05) is 0 Å². The highest BCUT2D eigenvalue weighted by molar-refractivity contribution is 9.10. The van der Waals surface area contributed by atoms with Gasteiger partial charge in [-0.25, -0.2) is 14.8 Å². The molecule has 0 fully saturated rings. The van der Waals surface area contributed by atoms with Crippen molar-refractivity contribution in [2.45, 2.75) is 19.3 Å². The summed E-state index contributed by atoms with van der Waals surface area (Å²) in [5.41, 5.74) is 3.58. The summed E-state index contributed by atoms with van der Waals surface area (Å²) in [5.74, 6) is -1.88. The van der Waals surface area contributed by atoms with Gasteiger partial charge in [0.2, 0.25) is 0 Å². The molecule has 6 aromatic rings. The maximum Gasteiger partial charge on any atom is 0.335 e. The third-order valence-electron chi connectivity index (χ3n) is 7.86. The molecular formula is C35H25BrN2O4. The van der Waals surface area contributed by atoms with Crippen molar-refractivity contribution < 1.29 is 19.5 Å². The fourth-order valence-corrected chi connectivity index (χ4v) is 5.93. The third-order valence-corrected chi connectivity index (χ3v) is 8.39. The Balaban J connectivity index is 0.000000203. The van der Waals surface area contributed by atoms with Crippen LogP contribution in [0.2, 0.25) is 0 Å². The average Bonchev–Trinajstić information content (AvgIpc) is 3.02. The van der Waals surface area contributed by atoms with E-state index in [1.165, 1.54) is 12.4 Å². The summed E-state index contributed by atoms with van der Waals surface area (Å²) in [6.45, 7) is 1.93. The minimum Gasteiger partial charge on any atom is -0.478 e. The molecule has 1 aromatic heterocycles. The van der Waals surface area contributed by atoms with Crippen LogP contribution in [-0.4, -0.2) is 32.6 Å². The molecule has 2 unspecified atom stereocenters. The number of benzene rings is 5. The predicted molar refractivity (Wildman–Crippen MR) is 167 cm³/mol. The molecule has 7 rings (SSSR count). The first kappa shape index (κ1) is 27.4. The number of carboxylic acids is 1. The topological polar surface area (TPSA) is 97.2 Å². The number of aromatic nitrogens is 2. The van der Waals surface area contributed by atoms with Gasteiger partial charge in [0.25, 0.3) is 0 Å². The Morgan fingerprint density at radius 2 is 1.62 bits per heavy atom. The molecule has 0 aliphatic heterocycles. The second kappa shape index (κ2) is 11.3. The Bertz CT molecular complexity index is 2020. The van der Waals surface area contributed by atoms with Gasteiger partial charge in [-0.1, -0.05) is 83.5 Å². The van der Waals surface area contributed by atoms with E-state index < -0.39 is 11.9 Å². The lowest BCUT2D eigenvalue weighted by atomic mass is 9.72. The zero-order chi connectivity index (χ0) is 29.4. The fraction of sp³-hybridized carbons (Fsp3) is 0.114. The summed E-state index contributed by atoms with van der Waals surface area (Å²) in [6, 6.07) is 28.9. The summed E-state index contributed by atoms with van der Waals surface area (Å²) in [6.07, 6.45) is 3.47. The molecule has 1 heterocycles. The molecule has 6 nitrogen and oxygen atoms in total. The van der Waals surface area contributed by atoms with Crippen molar-refractivity contribution in [3.8, 4) is 0 Å². The first-order chi connectivity index (χ1) is 20.3. The van der Waals surface area contributed by atoms with Gasteiger partial charge >= 0.3 is 5.97 Å². The van der Waals surface area contributed by atoms with Gasteiger partial charge < -0.3 is 5.11 Å². The lowest BCUT2D eigenvalue weighted by molar-refractivity contribution is -0.122. The Morgan fingerprint density at radius 3 is 2.40 bits per heavy atom. The molecule has 1 aliphatic rings. The lowest BCUT2D eigenvalue weighted by Crippen LogP contribution is -2.35. The number of carbonyl (C=O) groups is 3. The van der Waals surface area contributed by atoms with Crippen LogP contribution >= 0.6 is 15.9 Å². The van der Waals surface area contributed by atoms with Gasteiger partial charge in [-0.3, -0.25) is 9.59 Å². The van der Waals surface area contributed by atoms with Crippen LogP contribution < -0.4 is 0 Å². The number of nitrogens with zero attached hydrogens (tertiary/aromatic N) is 2. The number of fused-ring (bicyclic) bond motifs is 6. The van der Waals surface area contributed by atoms with E-state index >= 15 is 0 Å². The zero-order valence-electron chi connectivity index (χ0n) is 22.6. The Morgan fingerprint density at radius 1 is 0.857 bits per heavy atom. The molecule has 1 N–H and O–H groups in total. The molecule has 42 heavy (non-hydrogen) atoms. The number of hydrogen-bond donors (Lipinski definition) is 1. The highest BCUT2D eigenvalue weighted by Crippen LogP contribution is 2.39. The standard InChI is InChI=1S/C26H19BrO2.C9H6N2O2/c1-15-19-12-13-21-20-5-3-2-4-17(20)8-11-22(21)24(19)26(29)23(25(15)28)14-16-6-9-18(27)10-7-16;12-9(13)6-1-2-8-7(3-6)4-10-5-11-8/h2-13,15,23H,14H2,1H3;1-5H,(H,12,13). The Hall–Kier alpha value is -4.75. The van der Waals surface area contributed by atoms with Crippen molar-refractivity contribution in [1.82, 2.24) is 9.97 Å². The molecule has 7 heteroatoms. The van der Waals surface area contributed by atoms with Gasteiger partial charge in [0, 0.05) is 27.5 Å². The van der Waals surface area contributed by atoms with Gasteiger partial charge in [0.15, 0.2) is 11.6 Å². The van der Waals surface area contributed by atoms with Gasteiger partial charge in [-0.2, -0.15) is 0 Å². The molecule has 0 saturated carbocycles. The second-order valence-electron chi connectivity index (χ2n) is 10.4. The number of rotatable bonds is 3. The summed E-state index contributed by atoms with van der Waals surface area (Å²) >= 11 is 3.44. The summed E-state index contributed by atoms with van der Waals surface area (Å²) < 4.78 is 0.985. The van der Waals surface area contributed by atoms with Crippen molar-refractivity contribution in [3.63, 3.8) is 0 Å². The fourth-order valence-electron chi connectivity index (χ4n) is 5.67.